The summed E-state index contributed by atoms with van der Waals surface area (Å²) < 4.78 is 5.17. The van der Waals surface area contributed by atoms with Gasteiger partial charge in [0, 0.05) is 11.9 Å². The number of rotatable bonds is 4. The van der Waals surface area contributed by atoms with Gasteiger partial charge in [0.25, 0.3) is 0 Å². The van der Waals surface area contributed by atoms with E-state index in [1.807, 2.05) is 63.3 Å². The highest BCUT2D eigenvalue weighted by atomic mass is 16.6. The molecule has 1 amide bonds. The molecule has 0 saturated heterocycles. The van der Waals surface area contributed by atoms with Gasteiger partial charge >= 0.3 is 6.09 Å². The molecule has 0 radical (unpaired) electrons. The average molecular weight is 313 g/mol. The molecule has 0 aliphatic rings. The summed E-state index contributed by atoms with van der Waals surface area (Å²) in [6, 6.07) is 11.3. The van der Waals surface area contributed by atoms with Crippen molar-refractivity contribution in [3.8, 4) is 5.75 Å². The average Bonchev–Trinajstić information content (AvgIpc) is 2.47. The van der Waals surface area contributed by atoms with Crippen LogP contribution in [0.5, 0.6) is 5.75 Å². The van der Waals surface area contributed by atoms with Crippen LogP contribution in [0.15, 0.2) is 42.5 Å². The van der Waals surface area contributed by atoms with Crippen LogP contribution in [0, 0.1) is 0 Å². The normalized spacial score (nSPS) is 11.8. The molecule has 0 atom stereocenters. The number of fused-ring (bicyclic) bond motifs is 1. The van der Waals surface area contributed by atoms with E-state index in [0.717, 1.165) is 16.3 Å². The van der Waals surface area contributed by atoms with Gasteiger partial charge in [0.15, 0.2) is 0 Å². The minimum absolute atomic E-state index is 0.282. The summed E-state index contributed by atoms with van der Waals surface area (Å²) in [4.78, 5) is 11.5. The molecular weight excluding hydrogens is 290 g/mol. The first kappa shape index (κ1) is 16.9. The lowest BCUT2D eigenvalue weighted by atomic mass is 10.0. The van der Waals surface area contributed by atoms with E-state index < -0.39 is 11.7 Å². The minimum Gasteiger partial charge on any atom is -0.507 e. The number of aromatic hydroxyl groups is 1. The summed E-state index contributed by atoms with van der Waals surface area (Å²) in [5, 5.41) is 14.4. The Morgan fingerprint density at radius 3 is 2.57 bits per heavy atom. The van der Waals surface area contributed by atoms with E-state index in [2.05, 4.69) is 5.32 Å². The molecule has 122 valence electrons. The van der Waals surface area contributed by atoms with Crippen LogP contribution in [-0.2, 0) is 4.74 Å². The molecule has 0 aromatic heterocycles. The van der Waals surface area contributed by atoms with E-state index >= 15 is 0 Å². The van der Waals surface area contributed by atoms with Crippen LogP contribution in [0.25, 0.3) is 16.8 Å². The van der Waals surface area contributed by atoms with Crippen LogP contribution in [0.3, 0.4) is 0 Å². The fourth-order valence-electron chi connectivity index (χ4n) is 2.23. The lowest BCUT2D eigenvalue weighted by Crippen LogP contribution is -2.32. The maximum Gasteiger partial charge on any atom is 0.407 e. The Labute approximate surface area is 136 Å². The van der Waals surface area contributed by atoms with Crippen LogP contribution in [-0.4, -0.2) is 23.3 Å². The number of amides is 1. The molecule has 0 heterocycles. The third kappa shape index (κ3) is 5.02. The van der Waals surface area contributed by atoms with Gasteiger partial charge in [-0.1, -0.05) is 42.5 Å². The summed E-state index contributed by atoms with van der Waals surface area (Å²) in [6.07, 6.45) is 4.30. The number of benzene rings is 2. The van der Waals surface area contributed by atoms with E-state index in [1.54, 1.807) is 6.07 Å². The van der Waals surface area contributed by atoms with Crippen LogP contribution in [0.1, 0.15) is 32.8 Å². The van der Waals surface area contributed by atoms with E-state index in [4.69, 9.17) is 4.74 Å². The molecule has 0 aliphatic heterocycles. The second kappa shape index (κ2) is 7.18. The third-order valence-electron chi connectivity index (χ3n) is 3.21. The molecular formula is C19H23NO3. The molecule has 0 aliphatic carbocycles. The van der Waals surface area contributed by atoms with Crippen LogP contribution in [0.2, 0.25) is 0 Å². The topological polar surface area (TPSA) is 58.6 Å². The van der Waals surface area contributed by atoms with Crippen molar-refractivity contribution in [3.05, 3.63) is 48.0 Å². The molecule has 4 heteroatoms. The lowest BCUT2D eigenvalue weighted by molar-refractivity contribution is 0.0529. The third-order valence-corrected chi connectivity index (χ3v) is 3.21. The Balaban J connectivity index is 1.92. The smallest absolute Gasteiger partial charge is 0.407 e. The Bertz CT molecular complexity index is 714. The Morgan fingerprint density at radius 2 is 1.87 bits per heavy atom. The van der Waals surface area contributed by atoms with Gasteiger partial charge in [0.05, 0.1) is 0 Å². The SMILES string of the molecule is CC(C)(C)OC(=O)NCCC=Cc1ccc(O)c2ccccc12. The standard InChI is InChI=1S/C19H23NO3/c1-19(2,3)23-18(22)20-13-7-6-8-14-11-12-17(21)16-10-5-4-9-15(14)16/h4-6,8-12,21H,7,13H2,1-3H3,(H,20,22). The zero-order valence-electron chi connectivity index (χ0n) is 13.8. The van der Waals surface area contributed by atoms with Gasteiger partial charge in [0.1, 0.15) is 11.4 Å². The quantitative estimate of drug-likeness (QED) is 0.819. The predicted octanol–water partition coefficient (Wildman–Crippen LogP) is 4.47. The van der Waals surface area contributed by atoms with Gasteiger partial charge in [0.2, 0.25) is 0 Å². The van der Waals surface area contributed by atoms with E-state index in [9.17, 15) is 9.90 Å². The van der Waals surface area contributed by atoms with Crippen LogP contribution >= 0.6 is 0 Å². The zero-order valence-corrected chi connectivity index (χ0v) is 13.8. The van der Waals surface area contributed by atoms with Crippen molar-refractivity contribution in [2.45, 2.75) is 32.8 Å². The molecule has 0 bridgehead atoms. The van der Waals surface area contributed by atoms with Crippen molar-refractivity contribution >= 4 is 22.9 Å². The number of phenolic OH excluding ortho intramolecular Hbond substituents is 1. The molecule has 0 unspecified atom stereocenters. The van der Waals surface area contributed by atoms with Crippen molar-refractivity contribution in [2.75, 3.05) is 6.54 Å². The summed E-state index contributed by atoms with van der Waals surface area (Å²) in [5.74, 6) is 0.282. The minimum atomic E-state index is -0.481. The molecule has 2 rings (SSSR count). The van der Waals surface area contributed by atoms with Crippen molar-refractivity contribution in [3.63, 3.8) is 0 Å². The van der Waals surface area contributed by atoms with E-state index in [0.29, 0.717) is 13.0 Å². The molecule has 2 N–H and O–H groups in total. The summed E-state index contributed by atoms with van der Waals surface area (Å²) >= 11 is 0. The second-order valence-corrected chi connectivity index (χ2v) is 6.34. The predicted molar refractivity (Wildman–Crippen MR) is 93.5 cm³/mol. The summed E-state index contributed by atoms with van der Waals surface area (Å²) in [6.45, 7) is 6.02. The fourth-order valence-corrected chi connectivity index (χ4v) is 2.23. The number of nitrogens with one attached hydrogen (secondary N) is 1. The van der Waals surface area contributed by atoms with Crippen molar-refractivity contribution in [1.82, 2.24) is 5.32 Å². The van der Waals surface area contributed by atoms with Crippen LogP contribution in [0.4, 0.5) is 4.79 Å². The summed E-state index contributed by atoms with van der Waals surface area (Å²) in [5.41, 5.74) is 0.556. The molecule has 2 aromatic carbocycles. The van der Waals surface area contributed by atoms with Crippen molar-refractivity contribution in [2.24, 2.45) is 0 Å². The Hall–Kier alpha value is -2.49. The second-order valence-electron chi connectivity index (χ2n) is 6.34. The Kier molecular flexibility index (Phi) is 5.27. The van der Waals surface area contributed by atoms with Gasteiger partial charge < -0.3 is 15.2 Å². The number of alkyl carbamates (subject to hydrolysis) is 1. The molecule has 23 heavy (non-hydrogen) atoms. The van der Waals surface area contributed by atoms with E-state index in [-0.39, 0.29) is 5.75 Å². The van der Waals surface area contributed by atoms with Gasteiger partial charge in [-0.25, -0.2) is 4.79 Å². The highest BCUT2D eigenvalue weighted by Gasteiger charge is 2.15. The number of phenols is 1. The molecule has 0 spiro atoms. The number of carbonyl (C=O) groups is 1. The maximum absolute atomic E-state index is 11.5. The first-order valence-electron chi connectivity index (χ1n) is 7.71. The van der Waals surface area contributed by atoms with Gasteiger partial charge in [-0.2, -0.15) is 0 Å². The van der Waals surface area contributed by atoms with Gasteiger partial charge in [-0.05, 0) is 44.2 Å². The molecule has 0 saturated carbocycles. The van der Waals surface area contributed by atoms with Gasteiger partial charge in [-0.3, -0.25) is 0 Å². The largest absolute Gasteiger partial charge is 0.507 e. The number of hydrogen-bond acceptors (Lipinski definition) is 3. The Morgan fingerprint density at radius 1 is 1.17 bits per heavy atom. The lowest BCUT2D eigenvalue weighted by Gasteiger charge is -2.19. The fraction of sp³-hybridized carbons (Fsp3) is 0.316. The summed E-state index contributed by atoms with van der Waals surface area (Å²) in [7, 11) is 0. The monoisotopic (exact) mass is 313 g/mol. The van der Waals surface area contributed by atoms with E-state index in [1.165, 1.54) is 0 Å². The number of hydrogen-bond donors (Lipinski definition) is 2. The molecule has 0 fully saturated rings. The highest BCUT2D eigenvalue weighted by molar-refractivity contribution is 5.94. The van der Waals surface area contributed by atoms with Gasteiger partial charge in [-0.15, -0.1) is 0 Å². The highest BCUT2D eigenvalue weighted by Crippen LogP contribution is 2.28. The first-order valence-corrected chi connectivity index (χ1v) is 7.71. The number of carbonyl (C=O) groups excluding carboxylic acids is 1. The number of ether oxygens (including phenoxy) is 1. The van der Waals surface area contributed by atoms with Crippen LogP contribution < -0.4 is 5.32 Å². The maximum atomic E-state index is 11.5. The van der Waals surface area contributed by atoms with Crippen molar-refractivity contribution < 1.29 is 14.6 Å². The molecule has 4 nitrogen and oxygen atoms in total. The molecule has 2 aromatic rings. The van der Waals surface area contributed by atoms with Crippen molar-refractivity contribution in [1.29, 1.82) is 0 Å². The first-order chi connectivity index (χ1) is 10.9. The zero-order chi connectivity index (χ0) is 16.9.